The molecular formula is C18H28N2O8. The van der Waals surface area contributed by atoms with Gasteiger partial charge in [0, 0.05) is 12.8 Å². The Bertz CT molecular complexity index is 622. The molecule has 1 unspecified atom stereocenters. The molecule has 10 heteroatoms. The lowest BCUT2D eigenvalue weighted by molar-refractivity contribution is -0.205. The lowest BCUT2D eigenvalue weighted by Crippen LogP contribution is -2.46. The molecule has 0 bridgehead atoms. The van der Waals surface area contributed by atoms with Gasteiger partial charge in [0.25, 0.3) is 11.8 Å². The van der Waals surface area contributed by atoms with Crippen LogP contribution in [-0.2, 0) is 33.5 Å². The first kappa shape index (κ1) is 23.4. The third-order valence-corrected chi connectivity index (χ3v) is 3.49. The maximum atomic E-state index is 12.4. The van der Waals surface area contributed by atoms with Gasteiger partial charge in [-0.25, -0.2) is 14.4 Å². The van der Waals surface area contributed by atoms with Crippen LogP contribution in [0.5, 0.6) is 0 Å². The fraction of sp³-hybridized carbons (Fsp3) is 0.722. The topological polar surface area (TPSA) is 128 Å². The molecule has 1 heterocycles. The molecule has 10 nitrogen and oxygen atoms in total. The lowest BCUT2D eigenvalue weighted by atomic mass is 10.0. The highest BCUT2D eigenvalue weighted by atomic mass is 16.7. The van der Waals surface area contributed by atoms with Gasteiger partial charge in [-0.05, 0) is 40.0 Å². The van der Waals surface area contributed by atoms with E-state index in [4.69, 9.17) is 14.3 Å². The monoisotopic (exact) mass is 400 g/mol. The zero-order valence-electron chi connectivity index (χ0n) is 17.1. The van der Waals surface area contributed by atoms with Crippen LogP contribution < -0.4 is 5.32 Å². The molecule has 0 aliphatic carbocycles. The number of rotatable bonds is 7. The van der Waals surface area contributed by atoms with Gasteiger partial charge < -0.3 is 19.6 Å². The zero-order valence-corrected chi connectivity index (χ0v) is 17.1. The number of hydrogen-bond acceptors (Lipinski definition) is 8. The Morgan fingerprint density at radius 1 is 1.04 bits per heavy atom. The fourth-order valence-corrected chi connectivity index (χ4v) is 2.26. The molecule has 1 aliphatic rings. The summed E-state index contributed by atoms with van der Waals surface area (Å²) in [6.07, 6.45) is -2.02. The third-order valence-electron chi connectivity index (χ3n) is 3.49. The predicted molar refractivity (Wildman–Crippen MR) is 95.3 cm³/mol. The highest BCUT2D eigenvalue weighted by molar-refractivity contribution is 6.01. The summed E-state index contributed by atoms with van der Waals surface area (Å²) >= 11 is 0. The predicted octanol–water partition coefficient (Wildman–Crippen LogP) is 1.46. The van der Waals surface area contributed by atoms with Crippen molar-refractivity contribution in [2.45, 2.75) is 78.6 Å². The van der Waals surface area contributed by atoms with Crippen LogP contribution in [0.4, 0.5) is 4.79 Å². The summed E-state index contributed by atoms with van der Waals surface area (Å²) in [5.41, 5.74) is -0.748. The van der Waals surface area contributed by atoms with Crippen molar-refractivity contribution in [3.63, 3.8) is 0 Å². The van der Waals surface area contributed by atoms with Gasteiger partial charge in [-0.3, -0.25) is 9.59 Å². The minimum atomic E-state index is -1.39. The van der Waals surface area contributed by atoms with E-state index >= 15 is 0 Å². The largest absolute Gasteiger partial charge is 0.449 e. The molecule has 0 aromatic heterocycles. The molecule has 1 rings (SSSR count). The second-order valence-electron chi connectivity index (χ2n) is 7.90. The highest BCUT2D eigenvalue weighted by Gasteiger charge is 2.36. The normalized spacial score (nSPS) is 16.6. The van der Waals surface area contributed by atoms with Crippen LogP contribution in [0.2, 0.25) is 0 Å². The number of imide groups is 1. The van der Waals surface area contributed by atoms with E-state index < -0.39 is 47.6 Å². The van der Waals surface area contributed by atoms with Crippen molar-refractivity contribution in [1.29, 1.82) is 0 Å². The van der Waals surface area contributed by atoms with Gasteiger partial charge in [0.1, 0.15) is 11.6 Å². The van der Waals surface area contributed by atoms with Crippen molar-refractivity contribution in [3.8, 4) is 0 Å². The molecule has 3 amide bonds. The Hall–Kier alpha value is -2.65. The fourth-order valence-electron chi connectivity index (χ4n) is 2.26. The average Bonchev–Trinajstić information content (AvgIpc) is 2.83. The zero-order chi connectivity index (χ0) is 21.6. The molecule has 28 heavy (non-hydrogen) atoms. The minimum absolute atomic E-state index is 0.0367. The van der Waals surface area contributed by atoms with Gasteiger partial charge in [-0.2, -0.15) is 0 Å². The molecule has 0 aromatic carbocycles. The Labute approximate surface area is 163 Å². The standard InChI is InChI=1S/C18H28N2O8/c1-10(2)9-12(19-17(25)27-18(4,5)6)16(24)26-11(3)15(23)28-20-13(21)7-8-14(20)22/h10-12H,7-9H2,1-6H3,(H,19,25)/t11-,12?/m0/s1. The van der Waals surface area contributed by atoms with Crippen molar-refractivity contribution in [1.82, 2.24) is 10.4 Å². The Balaban J connectivity index is 2.69. The number of nitrogens with one attached hydrogen (secondary N) is 1. The molecule has 1 fully saturated rings. The maximum absolute atomic E-state index is 12.4. The summed E-state index contributed by atoms with van der Waals surface area (Å²) in [7, 11) is 0. The Morgan fingerprint density at radius 3 is 2.04 bits per heavy atom. The van der Waals surface area contributed by atoms with Crippen LogP contribution in [0.1, 0.15) is 60.8 Å². The van der Waals surface area contributed by atoms with Gasteiger partial charge in [0.05, 0.1) is 0 Å². The van der Waals surface area contributed by atoms with E-state index in [0.29, 0.717) is 5.06 Å². The van der Waals surface area contributed by atoms with Crippen LogP contribution in [-0.4, -0.2) is 52.7 Å². The molecule has 0 aromatic rings. The smallest absolute Gasteiger partial charge is 0.408 e. The number of hydrogen-bond donors (Lipinski definition) is 1. The van der Waals surface area contributed by atoms with Gasteiger partial charge in [0.15, 0.2) is 6.10 Å². The molecule has 1 aliphatic heterocycles. The molecule has 0 saturated carbocycles. The van der Waals surface area contributed by atoms with Gasteiger partial charge >= 0.3 is 18.0 Å². The van der Waals surface area contributed by atoms with Crippen LogP contribution in [0.25, 0.3) is 0 Å². The number of esters is 1. The van der Waals surface area contributed by atoms with Crippen LogP contribution >= 0.6 is 0 Å². The SMILES string of the molecule is CC(C)CC(NC(=O)OC(C)(C)C)C(=O)O[C@@H](C)C(=O)ON1C(=O)CCC1=O. The first-order chi connectivity index (χ1) is 12.8. The maximum Gasteiger partial charge on any atom is 0.408 e. The van der Waals surface area contributed by atoms with Crippen molar-refractivity contribution in [2.75, 3.05) is 0 Å². The first-order valence-corrected chi connectivity index (χ1v) is 9.07. The van der Waals surface area contributed by atoms with Gasteiger partial charge in [-0.1, -0.05) is 13.8 Å². The van der Waals surface area contributed by atoms with Gasteiger partial charge in [0.2, 0.25) is 0 Å². The first-order valence-electron chi connectivity index (χ1n) is 9.07. The van der Waals surface area contributed by atoms with Crippen molar-refractivity contribution < 1.29 is 38.3 Å². The van der Waals surface area contributed by atoms with E-state index in [1.54, 1.807) is 20.8 Å². The quantitative estimate of drug-likeness (QED) is 0.502. The number of carbonyl (C=O) groups is 5. The Morgan fingerprint density at radius 2 is 1.57 bits per heavy atom. The summed E-state index contributed by atoms with van der Waals surface area (Å²) in [6.45, 7) is 9.98. The molecular weight excluding hydrogens is 372 g/mol. The molecule has 0 spiro atoms. The number of amides is 3. The van der Waals surface area contributed by atoms with Crippen LogP contribution in [0, 0.1) is 5.92 Å². The van der Waals surface area contributed by atoms with E-state index in [-0.39, 0.29) is 25.2 Å². The van der Waals surface area contributed by atoms with Crippen molar-refractivity contribution in [3.05, 3.63) is 0 Å². The summed E-state index contributed by atoms with van der Waals surface area (Å²) in [5, 5.41) is 2.80. The second-order valence-corrected chi connectivity index (χ2v) is 7.90. The number of nitrogens with zero attached hydrogens (tertiary/aromatic N) is 1. The Kier molecular flexibility index (Phi) is 7.95. The molecule has 2 atom stereocenters. The van der Waals surface area contributed by atoms with E-state index in [9.17, 15) is 24.0 Å². The van der Waals surface area contributed by atoms with E-state index in [0.717, 1.165) is 0 Å². The number of carbonyl (C=O) groups excluding carboxylic acids is 5. The summed E-state index contributed by atoms with van der Waals surface area (Å²) < 4.78 is 10.2. The number of hydroxylamine groups is 2. The number of alkyl carbamates (subject to hydrolysis) is 1. The number of ether oxygens (including phenoxy) is 2. The van der Waals surface area contributed by atoms with E-state index in [2.05, 4.69) is 5.32 Å². The van der Waals surface area contributed by atoms with Crippen molar-refractivity contribution >= 4 is 29.8 Å². The second kappa shape index (κ2) is 9.52. The summed E-state index contributed by atoms with van der Waals surface area (Å²) in [6, 6.07) is -1.04. The highest BCUT2D eigenvalue weighted by Crippen LogP contribution is 2.14. The molecule has 1 saturated heterocycles. The van der Waals surface area contributed by atoms with Crippen molar-refractivity contribution in [2.24, 2.45) is 5.92 Å². The van der Waals surface area contributed by atoms with Gasteiger partial charge in [-0.15, -0.1) is 5.06 Å². The van der Waals surface area contributed by atoms with E-state index in [1.807, 2.05) is 13.8 Å². The van der Waals surface area contributed by atoms with Crippen LogP contribution in [0.3, 0.4) is 0 Å². The summed E-state index contributed by atoms with van der Waals surface area (Å²) in [4.78, 5) is 64.1. The average molecular weight is 400 g/mol. The molecule has 158 valence electrons. The van der Waals surface area contributed by atoms with Crippen LogP contribution in [0.15, 0.2) is 0 Å². The summed E-state index contributed by atoms with van der Waals surface area (Å²) in [5.74, 6) is -3.17. The minimum Gasteiger partial charge on any atom is -0.449 e. The molecule has 1 N–H and O–H groups in total. The van der Waals surface area contributed by atoms with E-state index in [1.165, 1.54) is 6.92 Å². The third kappa shape index (κ3) is 7.53. The molecule has 0 radical (unpaired) electrons. The lowest BCUT2D eigenvalue weighted by Gasteiger charge is -2.24.